The van der Waals surface area contributed by atoms with Gasteiger partial charge in [-0.05, 0) is 53.2 Å². The summed E-state index contributed by atoms with van der Waals surface area (Å²) in [6, 6.07) is 9.18. The van der Waals surface area contributed by atoms with Crippen molar-refractivity contribution in [1.29, 1.82) is 0 Å². The van der Waals surface area contributed by atoms with Gasteiger partial charge in [-0.15, -0.1) is 0 Å². The number of hydrogen-bond acceptors (Lipinski definition) is 3. The Balaban J connectivity index is 1.81. The van der Waals surface area contributed by atoms with Crippen molar-refractivity contribution < 1.29 is 14.0 Å². The van der Waals surface area contributed by atoms with E-state index >= 15 is 0 Å². The zero-order chi connectivity index (χ0) is 18.0. The lowest BCUT2D eigenvalue weighted by atomic mass is 10.1. The number of nitrogens with one attached hydrogen (secondary N) is 2. The van der Waals surface area contributed by atoms with Crippen LogP contribution in [0.5, 0.6) is 0 Å². The highest BCUT2D eigenvalue weighted by Gasteiger charge is 2.20. The number of nitrogens with zero attached hydrogens (tertiary/aromatic N) is 1. The largest absolute Gasteiger partial charge is 0.356 e. The van der Waals surface area contributed by atoms with Crippen LogP contribution >= 0.6 is 15.9 Å². The van der Waals surface area contributed by atoms with Gasteiger partial charge in [0.15, 0.2) is 5.78 Å². The lowest BCUT2D eigenvalue weighted by Gasteiger charge is -2.04. The van der Waals surface area contributed by atoms with Crippen LogP contribution in [0.25, 0.3) is 0 Å². The second-order valence-corrected chi connectivity index (χ2v) is 6.22. The van der Waals surface area contributed by atoms with E-state index in [1.165, 1.54) is 24.4 Å². The quantitative estimate of drug-likeness (QED) is 0.646. The Bertz CT molecular complexity index is 931. The average Bonchev–Trinajstić information content (AvgIpc) is 3.07. The number of pyridine rings is 1. The van der Waals surface area contributed by atoms with Crippen LogP contribution in [-0.2, 0) is 0 Å². The second kappa shape index (κ2) is 6.98. The number of carbonyl (C=O) groups excluding carboxylic acids is 2. The highest BCUT2D eigenvalue weighted by atomic mass is 79.9. The van der Waals surface area contributed by atoms with Gasteiger partial charge in [0.25, 0.3) is 5.91 Å². The van der Waals surface area contributed by atoms with Gasteiger partial charge in [-0.1, -0.05) is 6.07 Å². The monoisotopic (exact) mass is 401 g/mol. The van der Waals surface area contributed by atoms with Crippen LogP contribution in [0, 0.1) is 12.7 Å². The topological polar surface area (TPSA) is 74.8 Å². The van der Waals surface area contributed by atoms with Gasteiger partial charge < -0.3 is 10.3 Å². The maximum atomic E-state index is 13.9. The molecule has 3 rings (SSSR count). The van der Waals surface area contributed by atoms with Gasteiger partial charge in [-0.3, -0.25) is 14.6 Å². The highest BCUT2D eigenvalue weighted by molar-refractivity contribution is 9.10. The molecule has 0 spiro atoms. The minimum Gasteiger partial charge on any atom is -0.356 e. The summed E-state index contributed by atoms with van der Waals surface area (Å²) in [4.78, 5) is 31.6. The number of benzene rings is 1. The molecule has 1 aromatic carbocycles. The van der Waals surface area contributed by atoms with Gasteiger partial charge >= 0.3 is 0 Å². The molecule has 0 aliphatic carbocycles. The van der Waals surface area contributed by atoms with E-state index in [-0.39, 0.29) is 16.8 Å². The number of carbonyl (C=O) groups is 2. The first-order valence-corrected chi connectivity index (χ1v) is 8.16. The molecule has 2 heterocycles. The van der Waals surface area contributed by atoms with Crippen molar-refractivity contribution in [2.24, 2.45) is 0 Å². The first-order chi connectivity index (χ1) is 12.0. The number of aromatic nitrogens is 2. The number of aromatic amines is 1. The van der Waals surface area contributed by atoms with Gasteiger partial charge in [-0.2, -0.15) is 0 Å². The Morgan fingerprint density at radius 2 is 2.04 bits per heavy atom. The van der Waals surface area contributed by atoms with Crippen molar-refractivity contribution in [1.82, 2.24) is 9.97 Å². The van der Waals surface area contributed by atoms with Crippen LogP contribution in [0.4, 0.5) is 10.1 Å². The Morgan fingerprint density at radius 1 is 1.24 bits per heavy atom. The number of aryl methyl sites for hydroxylation is 1. The summed E-state index contributed by atoms with van der Waals surface area (Å²) in [5, 5.41) is 2.67. The molecule has 5 nitrogen and oxygen atoms in total. The van der Waals surface area contributed by atoms with Crippen LogP contribution in [0.2, 0.25) is 0 Å². The van der Waals surface area contributed by atoms with E-state index in [9.17, 15) is 14.0 Å². The molecule has 2 aromatic heterocycles. The van der Waals surface area contributed by atoms with Crippen molar-refractivity contribution in [3.8, 4) is 0 Å². The first kappa shape index (κ1) is 17.0. The molecule has 0 aliphatic rings. The predicted molar refractivity (Wildman–Crippen MR) is 95.3 cm³/mol. The molecule has 0 radical (unpaired) electrons. The van der Waals surface area contributed by atoms with Gasteiger partial charge in [0.1, 0.15) is 11.5 Å². The molecule has 25 heavy (non-hydrogen) atoms. The highest BCUT2D eigenvalue weighted by Crippen LogP contribution is 2.23. The molecule has 0 aliphatic heterocycles. The normalized spacial score (nSPS) is 10.5. The predicted octanol–water partition coefficient (Wildman–Crippen LogP) is 4.10. The van der Waals surface area contributed by atoms with Gasteiger partial charge in [0, 0.05) is 21.9 Å². The summed E-state index contributed by atoms with van der Waals surface area (Å²) in [5.74, 6) is -1.56. The third-order valence-electron chi connectivity index (χ3n) is 3.55. The van der Waals surface area contributed by atoms with E-state index in [4.69, 9.17) is 0 Å². The molecule has 0 fully saturated rings. The summed E-state index contributed by atoms with van der Waals surface area (Å²) in [6.45, 7) is 1.84. The van der Waals surface area contributed by atoms with Crippen LogP contribution in [0.1, 0.15) is 32.1 Å². The SMILES string of the molecule is Cc1ccc(NC(=O)c2cc(C(=O)c3c(F)cccc3Br)c[nH]2)cn1. The first-order valence-electron chi connectivity index (χ1n) is 7.37. The molecule has 0 unspecified atom stereocenters. The van der Waals surface area contributed by atoms with E-state index in [0.29, 0.717) is 10.2 Å². The number of H-pyrrole nitrogens is 1. The van der Waals surface area contributed by atoms with Crippen LogP contribution in [-0.4, -0.2) is 21.7 Å². The van der Waals surface area contributed by atoms with Crippen molar-refractivity contribution in [3.05, 3.63) is 81.6 Å². The van der Waals surface area contributed by atoms with E-state index in [1.807, 2.05) is 6.92 Å². The number of rotatable bonds is 4. The molecule has 7 heteroatoms. The maximum absolute atomic E-state index is 13.9. The minimum absolute atomic E-state index is 0.0730. The number of amides is 1. The Morgan fingerprint density at radius 3 is 2.72 bits per heavy atom. The molecule has 2 N–H and O–H groups in total. The van der Waals surface area contributed by atoms with Crippen molar-refractivity contribution in [2.45, 2.75) is 6.92 Å². The van der Waals surface area contributed by atoms with Crippen molar-refractivity contribution in [2.75, 3.05) is 5.32 Å². The fourth-order valence-corrected chi connectivity index (χ4v) is 2.78. The fraction of sp³-hybridized carbons (Fsp3) is 0.0556. The molecular formula is C18H13BrFN3O2. The summed E-state index contributed by atoms with van der Waals surface area (Å²) < 4.78 is 14.3. The molecule has 126 valence electrons. The van der Waals surface area contributed by atoms with E-state index in [2.05, 4.69) is 31.2 Å². The lowest BCUT2D eigenvalue weighted by molar-refractivity contribution is 0.102. The molecular weight excluding hydrogens is 389 g/mol. The zero-order valence-corrected chi connectivity index (χ0v) is 14.7. The Kier molecular flexibility index (Phi) is 4.76. The summed E-state index contributed by atoms with van der Waals surface area (Å²) >= 11 is 3.17. The van der Waals surface area contributed by atoms with Crippen LogP contribution in [0.15, 0.2) is 53.3 Å². The number of ketones is 1. The second-order valence-electron chi connectivity index (χ2n) is 5.37. The lowest BCUT2D eigenvalue weighted by Crippen LogP contribution is -2.12. The number of hydrogen-bond donors (Lipinski definition) is 2. The molecule has 0 bridgehead atoms. The average molecular weight is 402 g/mol. The Labute approximate surface area is 151 Å². The Hall–Kier alpha value is -2.80. The molecule has 0 saturated carbocycles. The number of anilines is 1. The van der Waals surface area contributed by atoms with E-state index in [0.717, 1.165) is 5.69 Å². The van der Waals surface area contributed by atoms with Crippen molar-refractivity contribution in [3.63, 3.8) is 0 Å². The summed E-state index contributed by atoms with van der Waals surface area (Å²) in [7, 11) is 0. The van der Waals surface area contributed by atoms with E-state index < -0.39 is 17.5 Å². The molecule has 0 atom stereocenters. The van der Waals surface area contributed by atoms with Crippen LogP contribution < -0.4 is 5.32 Å². The molecule has 0 saturated heterocycles. The maximum Gasteiger partial charge on any atom is 0.272 e. The van der Waals surface area contributed by atoms with Gasteiger partial charge in [0.05, 0.1) is 17.4 Å². The fourth-order valence-electron chi connectivity index (χ4n) is 2.26. The third-order valence-corrected chi connectivity index (χ3v) is 4.21. The molecule has 1 amide bonds. The standard InChI is InChI=1S/C18H13BrFN3O2/c1-10-5-6-12(9-21-10)23-18(25)15-7-11(8-22-15)17(24)16-13(19)3-2-4-14(16)20/h2-9,22H,1H3,(H,23,25). The number of halogens is 2. The van der Waals surface area contributed by atoms with Gasteiger partial charge in [0.2, 0.25) is 0 Å². The summed E-state index contributed by atoms with van der Waals surface area (Å²) in [5.41, 5.74) is 1.68. The zero-order valence-electron chi connectivity index (χ0n) is 13.1. The minimum atomic E-state index is -0.627. The third kappa shape index (κ3) is 3.66. The van der Waals surface area contributed by atoms with Crippen molar-refractivity contribution >= 4 is 33.3 Å². The van der Waals surface area contributed by atoms with Gasteiger partial charge in [-0.25, -0.2) is 4.39 Å². The molecule has 3 aromatic rings. The van der Waals surface area contributed by atoms with E-state index in [1.54, 1.807) is 24.4 Å². The summed E-state index contributed by atoms with van der Waals surface area (Å²) in [6.07, 6.45) is 2.92. The van der Waals surface area contributed by atoms with Crippen LogP contribution in [0.3, 0.4) is 0 Å². The smallest absolute Gasteiger partial charge is 0.272 e.